The van der Waals surface area contributed by atoms with Crippen molar-refractivity contribution in [3.05, 3.63) is 29.3 Å². The first-order valence-corrected chi connectivity index (χ1v) is 5.79. The van der Waals surface area contributed by atoms with Gasteiger partial charge in [-0.3, -0.25) is 4.79 Å². The van der Waals surface area contributed by atoms with Crippen LogP contribution in [0.1, 0.15) is 29.8 Å². The number of halogens is 3. The average Bonchev–Trinajstić information content (AvgIpc) is 2.32. The summed E-state index contributed by atoms with van der Waals surface area (Å²) >= 11 is 0. The van der Waals surface area contributed by atoms with Crippen LogP contribution in [0.4, 0.5) is 13.2 Å². The van der Waals surface area contributed by atoms with Gasteiger partial charge in [0.25, 0.3) is 5.91 Å². The van der Waals surface area contributed by atoms with E-state index in [2.05, 4.69) is 4.74 Å². The van der Waals surface area contributed by atoms with Crippen molar-refractivity contribution in [3.63, 3.8) is 0 Å². The van der Waals surface area contributed by atoms with Crippen LogP contribution in [0.15, 0.2) is 18.2 Å². The third-order valence-electron chi connectivity index (χ3n) is 2.07. The van der Waals surface area contributed by atoms with Gasteiger partial charge in [-0.25, -0.2) is 0 Å². The summed E-state index contributed by atoms with van der Waals surface area (Å²) in [4.78, 5) is 12.8. The number of benzene rings is 1. The summed E-state index contributed by atoms with van der Waals surface area (Å²) in [6, 6.07) is 3.96. The zero-order valence-corrected chi connectivity index (χ0v) is 11.6. The van der Waals surface area contributed by atoms with Gasteiger partial charge in [0, 0.05) is 19.7 Å². The van der Waals surface area contributed by atoms with Crippen molar-refractivity contribution >= 4 is 5.91 Å². The maximum Gasteiger partial charge on any atom is 0.573 e. The summed E-state index contributed by atoms with van der Waals surface area (Å²) in [5.41, 5.74) is 0.470. The van der Waals surface area contributed by atoms with Crippen LogP contribution in [0.3, 0.4) is 0 Å². The SMILES string of the molecule is CC.Cc1ccc(C(=O)N(C)C)cc1OC(F)(F)F. The van der Waals surface area contributed by atoms with Gasteiger partial charge in [0.2, 0.25) is 0 Å². The Morgan fingerprint density at radius 1 is 1.21 bits per heavy atom. The zero-order valence-electron chi connectivity index (χ0n) is 11.6. The van der Waals surface area contributed by atoms with Crippen molar-refractivity contribution in [2.75, 3.05) is 14.1 Å². The molecule has 1 rings (SSSR count). The van der Waals surface area contributed by atoms with Crippen LogP contribution in [0.2, 0.25) is 0 Å². The fraction of sp³-hybridized carbons (Fsp3) is 0.462. The fourth-order valence-electron chi connectivity index (χ4n) is 1.23. The Morgan fingerprint density at radius 2 is 1.74 bits per heavy atom. The summed E-state index contributed by atoms with van der Waals surface area (Å²) < 4.78 is 40.1. The number of amides is 1. The highest BCUT2D eigenvalue weighted by Crippen LogP contribution is 2.27. The quantitative estimate of drug-likeness (QED) is 0.826. The maximum atomic E-state index is 12.1. The molecule has 0 aliphatic heterocycles. The minimum atomic E-state index is -4.76. The molecule has 0 heterocycles. The molecule has 1 aromatic carbocycles. The van der Waals surface area contributed by atoms with Crippen LogP contribution in [-0.4, -0.2) is 31.3 Å². The van der Waals surface area contributed by atoms with E-state index in [1.807, 2.05) is 13.8 Å². The number of hydrogen-bond donors (Lipinski definition) is 0. The summed E-state index contributed by atoms with van der Waals surface area (Å²) in [6.07, 6.45) is -4.76. The zero-order chi connectivity index (χ0) is 15.2. The first-order valence-electron chi connectivity index (χ1n) is 5.79. The van der Waals surface area contributed by atoms with E-state index in [0.717, 1.165) is 6.07 Å². The highest BCUT2D eigenvalue weighted by Gasteiger charge is 2.32. The molecule has 1 aromatic rings. The van der Waals surface area contributed by atoms with Gasteiger partial charge in [0.15, 0.2) is 0 Å². The van der Waals surface area contributed by atoms with Gasteiger partial charge >= 0.3 is 6.36 Å². The minimum Gasteiger partial charge on any atom is -0.405 e. The number of hydrogen-bond acceptors (Lipinski definition) is 2. The number of ether oxygens (including phenoxy) is 1. The van der Waals surface area contributed by atoms with Gasteiger partial charge in [-0.15, -0.1) is 13.2 Å². The monoisotopic (exact) mass is 277 g/mol. The van der Waals surface area contributed by atoms with Gasteiger partial charge < -0.3 is 9.64 Å². The van der Waals surface area contributed by atoms with Crippen LogP contribution >= 0.6 is 0 Å². The molecule has 0 N–H and O–H groups in total. The van der Waals surface area contributed by atoms with Crippen LogP contribution in [0, 0.1) is 6.92 Å². The van der Waals surface area contributed by atoms with Gasteiger partial charge in [0.05, 0.1) is 0 Å². The fourth-order valence-corrected chi connectivity index (χ4v) is 1.23. The Labute approximate surface area is 111 Å². The Balaban J connectivity index is 0.00000154. The third-order valence-corrected chi connectivity index (χ3v) is 2.07. The first-order chi connectivity index (χ1) is 8.70. The van der Waals surface area contributed by atoms with Crippen molar-refractivity contribution in [2.24, 2.45) is 0 Å². The minimum absolute atomic E-state index is 0.153. The molecule has 6 heteroatoms. The third kappa shape index (κ3) is 5.63. The van der Waals surface area contributed by atoms with E-state index in [4.69, 9.17) is 0 Å². The molecule has 0 atom stereocenters. The highest BCUT2D eigenvalue weighted by molar-refractivity contribution is 5.94. The summed E-state index contributed by atoms with van der Waals surface area (Å²) in [7, 11) is 3.04. The summed E-state index contributed by atoms with van der Waals surface area (Å²) in [5.74, 6) is -0.734. The van der Waals surface area contributed by atoms with E-state index < -0.39 is 6.36 Å². The van der Waals surface area contributed by atoms with E-state index >= 15 is 0 Å². The predicted octanol–water partition coefficient (Wildman–Crippen LogP) is 3.62. The molecule has 0 spiro atoms. The molecule has 0 fully saturated rings. The topological polar surface area (TPSA) is 29.5 Å². The van der Waals surface area contributed by atoms with Crippen molar-refractivity contribution in [2.45, 2.75) is 27.1 Å². The summed E-state index contributed by atoms with van der Waals surface area (Å²) in [5, 5.41) is 0. The average molecular weight is 277 g/mol. The van der Waals surface area contributed by atoms with Crippen LogP contribution in [0.5, 0.6) is 5.75 Å². The number of alkyl halides is 3. The normalized spacial score (nSPS) is 10.3. The largest absolute Gasteiger partial charge is 0.573 e. The van der Waals surface area contributed by atoms with E-state index in [0.29, 0.717) is 5.56 Å². The Hall–Kier alpha value is -1.72. The molecule has 0 aromatic heterocycles. The molecule has 3 nitrogen and oxygen atoms in total. The molecule has 19 heavy (non-hydrogen) atoms. The Kier molecular flexibility index (Phi) is 6.38. The van der Waals surface area contributed by atoms with Crippen molar-refractivity contribution in [1.29, 1.82) is 0 Å². The van der Waals surface area contributed by atoms with Crippen molar-refractivity contribution in [3.8, 4) is 5.75 Å². The molecule has 0 saturated carbocycles. The van der Waals surface area contributed by atoms with Gasteiger partial charge in [0.1, 0.15) is 5.75 Å². The molecular formula is C13H18F3NO2. The standard InChI is InChI=1S/C11H12F3NO2.C2H6/c1-7-4-5-8(10(16)15(2)3)6-9(7)17-11(12,13)14;1-2/h4-6H,1-3H3;1-2H3. The Bertz CT molecular complexity index is 428. The van der Waals surface area contributed by atoms with E-state index in [1.165, 1.54) is 38.1 Å². The van der Waals surface area contributed by atoms with E-state index in [-0.39, 0.29) is 17.2 Å². The molecule has 0 radical (unpaired) electrons. The first kappa shape index (κ1) is 17.3. The molecule has 1 amide bonds. The Morgan fingerprint density at radius 3 is 2.16 bits per heavy atom. The molecule has 0 unspecified atom stereocenters. The second-order valence-corrected chi connectivity index (χ2v) is 3.73. The molecule has 0 saturated heterocycles. The summed E-state index contributed by atoms with van der Waals surface area (Å²) in [6.45, 7) is 5.48. The molecular weight excluding hydrogens is 259 g/mol. The van der Waals surface area contributed by atoms with Crippen LogP contribution < -0.4 is 4.74 Å². The van der Waals surface area contributed by atoms with E-state index in [1.54, 1.807) is 0 Å². The number of nitrogens with zero attached hydrogens (tertiary/aromatic N) is 1. The van der Waals surface area contributed by atoms with Crippen LogP contribution in [0.25, 0.3) is 0 Å². The predicted molar refractivity (Wildman–Crippen MR) is 67.2 cm³/mol. The number of rotatable bonds is 2. The highest BCUT2D eigenvalue weighted by atomic mass is 19.4. The van der Waals surface area contributed by atoms with Crippen LogP contribution in [-0.2, 0) is 0 Å². The van der Waals surface area contributed by atoms with Gasteiger partial charge in [-0.05, 0) is 24.6 Å². The number of carbonyl (C=O) groups excluding carboxylic acids is 1. The van der Waals surface area contributed by atoms with Gasteiger partial charge in [-0.1, -0.05) is 19.9 Å². The smallest absolute Gasteiger partial charge is 0.405 e. The van der Waals surface area contributed by atoms with Crippen molar-refractivity contribution in [1.82, 2.24) is 4.90 Å². The molecule has 0 aliphatic rings. The lowest BCUT2D eigenvalue weighted by molar-refractivity contribution is -0.274. The number of carbonyl (C=O) groups is 1. The van der Waals surface area contributed by atoms with E-state index in [9.17, 15) is 18.0 Å². The lowest BCUT2D eigenvalue weighted by Gasteiger charge is -2.14. The molecule has 0 aliphatic carbocycles. The molecule has 0 bridgehead atoms. The van der Waals surface area contributed by atoms with Crippen molar-refractivity contribution < 1.29 is 22.7 Å². The molecule has 108 valence electrons. The van der Waals surface area contributed by atoms with Gasteiger partial charge in [-0.2, -0.15) is 0 Å². The second kappa shape index (κ2) is 7.01. The lowest BCUT2D eigenvalue weighted by atomic mass is 10.1. The lowest BCUT2D eigenvalue weighted by Crippen LogP contribution is -2.22. The maximum absolute atomic E-state index is 12.1. The number of aryl methyl sites for hydroxylation is 1. The second-order valence-electron chi connectivity index (χ2n) is 3.73.